The van der Waals surface area contributed by atoms with Crippen LogP contribution in [0.5, 0.6) is 5.75 Å². The molecule has 0 aromatic heterocycles. The highest BCUT2D eigenvalue weighted by molar-refractivity contribution is 5.87. The summed E-state index contributed by atoms with van der Waals surface area (Å²) in [6.45, 7) is 12.2. The topological polar surface area (TPSA) is 32.8 Å². The molecule has 1 aromatic rings. The van der Waals surface area contributed by atoms with Gasteiger partial charge in [-0.15, -0.1) is 13.2 Å². The SMILES string of the molecule is C=CC(=O)N(C)CC1=CN(/C=C\C(C)CC)C(=C)C(c2ccc(OC(F)(F)F)cc2)=C1. The third-order valence-electron chi connectivity index (χ3n) is 4.85. The second kappa shape index (κ2) is 10.2. The zero-order valence-electron chi connectivity index (χ0n) is 17.9. The van der Waals surface area contributed by atoms with Crippen molar-refractivity contribution in [2.75, 3.05) is 13.6 Å². The summed E-state index contributed by atoms with van der Waals surface area (Å²) in [5.74, 6) is -0.141. The standard InChI is InChI=1S/C24H27F3N2O2/c1-6-17(3)12-13-29-16-19(15-28(5)23(30)7-2)14-22(18(29)4)20-8-10-21(11-9-20)31-24(25,26)27/h7-14,16-17H,2,4,6,15H2,1,3,5H3/b13-12-. The molecule has 2 rings (SSSR count). The molecule has 1 heterocycles. The van der Waals surface area contributed by atoms with E-state index in [1.165, 1.54) is 23.1 Å². The normalized spacial score (nSPS) is 15.4. The highest BCUT2D eigenvalue weighted by Crippen LogP contribution is 2.33. The van der Waals surface area contributed by atoms with E-state index < -0.39 is 6.36 Å². The molecule has 1 atom stereocenters. The summed E-state index contributed by atoms with van der Waals surface area (Å²) in [7, 11) is 1.67. The van der Waals surface area contributed by atoms with Crippen LogP contribution in [0.4, 0.5) is 13.2 Å². The Balaban J connectivity index is 2.37. The summed E-state index contributed by atoms with van der Waals surface area (Å²) >= 11 is 0. The molecule has 1 unspecified atom stereocenters. The maximum atomic E-state index is 12.4. The second-order valence-corrected chi connectivity index (χ2v) is 7.31. The second-order valence-electron chi connectivity index (χ2n) is 7.31. The number of rotatable bonds is 8. The van der Waals surface area contributed by atoms with Crippen molar-refractivity contribution in [2.24, 2.45) is 5.92 Å². The van der Waals surface area contributed by atoms with E-state index >= 15 is 0 Å². The van der Waals surface area contributed by atoms with Gasteiger partial charge in [-0.05, 0) is 41.3 Å². The lowest BCUT2D eigenvalue weighted by atomic mass is 9.97. The largest absolute Gasteiger partial charge is 0.573 e. The number of likely N-dealkylation sites (N-methyl/N-ethyl adjacent to an activating group) is 1. The van der Waals surface area contributed by atoms with Crippen molar-refractivity contribution < 1.29 is 22.7 Å². The number of alkyl halides is 3. The van der Waals surface area contributed by atoms with Crippen LogP contribution in [-0.2, 0) is 4.79 Å². The van der Waals surface area contributed by atoms with Crippen molar-refractivity contribution in [3.05, 3.63) is 84.9 Å². The average molecular weight is 432 g/mol. The lowest BCUT2D eigenvalue weighted by molar-refractivity contribution is -0.274. The van der Waals surface area contributed by atoms with Crippen LogP contribution < -0.4 is 4.74 Å². The average Bonchev–Trinajstić information content (AvgIpc) is 2.72. The molecule has 0 N–H and O–H groups in total. The van der Waals surface area contributed by atoms with E-state index in [0.29, 0.717) is 23.7 Å². The van der Waals surface area contributed by atoms with Crippen LogP contribution in [0.2, 0.25) is 0 Å². The Morgan fingerprint density at radius 1 is 1.29 bits per heavy atom. The van der Waals surface area contributed by atoms with Gasteiger partial charge in [0.05, 0.1) is 0 Å². The van der Waals surface area contributed by atoms with E-state index in [2.05, 4.69) is 37.8 Å². The molecule has 4 nitrogen and oxygen atoms in total. The fraction of sp³-hybridized carbons (Fsp3) is 0.292. The lowest BCUT2D eigenvalue weighted by Gasteiger charge is -2.29. The van der Waals surface area contributed by atoms with Crippen molar-refractivity contribution in [2.45, 2.75) is 26.6 Å². The number of allylic oxidation sites excluding steroid dienone is 2. The lowest BCUT2D eigenvalue weighted by Crippen LogP contribution is -2.28. The van der Waals surface area contributed by atoms with Crippen LogP contribution in [0.25, 0.3) is 5.57 Å². The van der Waals surface area contributed by atoms with Gasteiger partial charge in [0, 0.05) is 37.3 Å². The number of carbonyl (C=O) groups excluding carboxylic acids is 1. The molecular weight excluding hydrogens is 405 g/mol. The van der Waals surface area contributed by atoms with Crippen LogP contribution in [-0.4, -0.2) is 35.7 Å². The molecule has 1 aromatic carbocycles. The molecule has 166 valence electrons. The molecule has 1 amide bonds. The molecular formula is C24H27F3N2O2. The quantitative estimate of drug-likeness (QED) is 0.481. The van der Waals surface area contributed by atoms with E-state index in [4.69, 9.17) is 0 Å². The van der Waals surface area contributed by atoms with E-state index in [0.717, 1.165) is 17.6 Å². The molecule has 0 bridgehead atoms. The van der Waals surface area contributed by atoms with Crippen molar-refractivity contribution in [1.82, 2.24) is 9.80 Å². The van der Waals surface area contributed by atoms with E-state index in [1.807, 2.05) is 23.4 Å². The molecule has 0 saturated heterocycles. The molecule has 31 heavy (non-hydrogen) atoms. The zero-order valence-corrected chi connectivity index (χ0v) is 17.9. The van der Waals surface area contributed by atoms with E-state index in [-0.39, 0.29) is 11.7 Å². The molecule has 1 aliphatic heterocycles. The number of hydrogen-bond donors (Lipinski definition) is 0. The van der Waals surface area contributed by atoms with E-state index in [9.17, 15) is 18.0 Å². The summed E-state index contributed by atoms with van der Waals surface area (Å²) in [5, 5.41) is 0. The maximum absolute atomic E-state index is 12.4. The fourth-order valence-electron chi connectivity index (χ4n) is 2.89. The van der Waals surface area contributed by atoms with Crippen LogP contribution in [0.3, 0.4) is 0 Å². The zero-order chi connectivity index (χ0) is 23.2. The molecule has 1 aliphatic rings. The molecule has 0 fully saturated rings. The summed E-state index contributed by atoms with van der Waals surface area (Å²) in [6.07, 6.45) is 5.22. The van der Waals surface area contributed by atoms with Gasteiger partial charge in [0.1, 0.15) is 5.75 Å². The van der Waals surface area contributed by atoms with Crippen molar-refractivity contribution in [3.8, 4) is 5.75 Å². The van der Waals surface area contributed by atoms with Crippen molar-refractivity contribution in [1.29, 1.82) is 0 Å². The Kier molecular flexibility index (Phi) is 7.91. The van der Waals surface area contributed by atoms with Crippen LogP contribution in [0.15, 0.2) is 79.3 Å². The molecule has 7 heteroatoms. The summed E-state index contributed by atoms with van der Waals surface area (Å²) in [6, 6.07) is 5.63. The Morgan fingerprint density at radius 2 is 1.94 bits per heavy atom. The number of halogens is 3. The van der Waals surface area contributed by atoms with Gasteiger partial charge in [-0.3, -0.25) is 4.79 Å². The first-order chi connectivity index (χ1) is 14.5. The molecule has 0 radical (unpaired) electrons. The Morgan fingerprint density at radius 3 is 2.48 bits per heavy atom. The van der Waals surface area contributed by atoms with Crippen LogP contribution in [0.1, 0.15) is 25.8 Å². The highest BCUT2D eigenvalue weighted by Gasteiger charge is 2.31. The number of nitrogens with zero attached hydrogens (tertiary/aromatic N) is 2. The minimum Gasteiger partial charge on any atom is -0.406 e. The smallest absolute Gasteiger partial charge is 0.406 e. The van der Waals surface area contributed by atoms with Gasteiger partial charge in [-0.25, -0.2) is 0 Å². The first-order valence-corrected chi connectivity index (χ1v) is 9.86. The predicted octanol–water partition coefficient (Wildman–Crippen LogP) is 5.89. The minimum atomic E-state index is -4.75. The van der Waals surface area contributed by atoms with Crippen molar-refractivity contribution >= 4 is 11.5 Å². The predicted molar refractivity (Wildman–Crippen MR) is 117 cm³/mol. The summed E-state index contributed by atoms with van der Waals surface area (Å²) in [5.41, 5.74) is 2.93. The summed E-state index contributed by atoms with van der Waals surface area (Å²) < 4.78 is 41.3. The van der Waals surface area contributed by atoms with E-state index in [1.54, 1.807) is 19.2 Å². The van der Waals surface area contributed by atoms with Crippen LogP contribution >= 0.6 is 0 Å². The Labute approximate surface area is 181 Å². The number of carbonyl (C=O) groups is 1. The monoisotopic (exact) mass is 432 g/mol. The molecule has 0 saturated carbocycles. The maximum Gasteiger partial charge on any atom is 0.573 e. The highest BCUT2D eigenvalue weighted by atomic mass is 19.4. The van der Waals surface area contributed by atoms with Gasteiger partial charge in [-0.2, -0.15) is 0 Å². The number of amides is 1. The van der Waals surface area contributed by atoms with Gasteiger partial charge in [-0.1, -0.05) is 51.6 Å². The number of ether oxygens (including phenoxy) is 1. The van der Waals surface area contributed by atoms with Crippen LogP contribution in [0, 0.1) is 5.92 Å². The van der Waals surface area contributed by atoms with Gasteiger partial charge < -0.3 is 14.5 Å². The minimum absolute atomic E-state index is 0.212. The Hall–Kier alpha value is -3.22. The third kappa shape index (κ3) is 6.91. The van der Waals surface area contributed by atoms with Gasteiger partial charge in [0.2, 0.25) is 5.91 Å². The number of hydrogen-bond acceptors (Lipinski definition) is 3. The molecule has 0 spiro atoms. The first-order valence-electron chi connectivity index (χ1n) is 9.86. The molecule has 0 aliphatic carbocycles. The Bertz CT molecular complexity index is 912. The van der Waals surface area contributed by atoms with Crippen molar-refractivity contribution in [3.63, 3.8) is 0 Å². The number of benzene rings is 1. The first kappa shape index (κ1) is 24.1. The van der Waals surface area contributed by atoms with Gasteiger partial charge in [0.15, 0.2) is 0 Å². The third-order valence-corrected chi connectivity index (χ3v) is 4.85. The fourth-order valence-corrected chi connectivity index (χ4v) is 2.89. The summed E-state index contributed by atoms with van der Waals surface area (Å²) in [4.78, 5) is 15.3. The van der Waals surface area contributed by atoms with Gasteiger partial charge in [0.25, 0.3) is 0 Å². The van der Waals surface area contributed by atoms with Gasteiger partial charge >= 0.3 is 6.36 Å².